The maximum atomic E-state index is 6.39. The summed E-state index contributed by atoms with van der Waals surface area (Å²) in [5.41, 5.74) is 10.1. The molecule has 1 atom stereocenters. The van der Waals surface area contributed by atoms with Crippen LogP contribution >= 0.6 is 27.3 Å². The van der Waals surface area contributed by atoms with Crippen LogP contribution in [0.25, 0.3) is 0 Å². The van der Waals surface area contributed by atoms with E-state index in [-0.39, 0.29) is 6.04 Å². The number of halogens is 1. The molecule has 0 aliphatic rings. The normalized spacial score (nSPS) is 12.8. The van der Waals surface area contributed by atoms with Gasteiger partial charge in [0.1, 0.15) is 0 Å². The van der Waals surface area contributed by atoms with Crippen molar-refractivity contribution in [3.8, 4) is 0 Å². The van der Waals surface area contributed by atoms with Gasteiger partial charge in [-0.2, -0.15) is 0 Å². The number of nitrogens with two attached hydrogens (primary N) is 1. The highest BCUT2D eigenvalue weighted by Crippen LogP contribution is 2.32. The average Bonchev–Trinajstić information content (AvgIpc) is 2.61. The molecule has 0 aliphatic heterocycles. The van der Waals surface area contributed by atoms with Crippen LogP contribution in [0.2, 0.25) is 0 Å². The summed E-state index contributed by atoms with van der Waals surface area (Å²) in [6.07, 6.45) is 0. The molecule has 17 heavy (non-hydrogen) atoms. The second kappa shape index (κ2) is 4.92. The van der Waals surface area contributed by atoms with Crippen molar-refractivity contribution in [3.05, 3.63) is 55.2 Å². The molecule has 0 saturated carbocycles. The van der Waals surface area contributed by atoms with Crippen LogP contribution in [0.5, 0.6) is 0 Å². The van der Waals surface area contributed by atoms with Gasteiger partial charge in [0.25, 0.3) is 0 Å². The lowest BCUT2D eigenvalue weighted by atomic mass is 9.96. The van der Waals surface area contributed by atoms with Crippen molar-refractivity contribution in [2.75, 3.05) is 0 Å². The van der Waals surface area contributed by atoms with Crippen molar-refractivity contribution in [1.82, 2.24) is 0 Å². The molecule has 0 aliphatic carbocycles. The van der Waals surface area contributed by atoms with Gasteiger partial charge in [-0.05, 0) is 49.6 Å². The first-order valence-corrected chi connectivity index (χ1v) is 7.19. The fourth-order valence-corrected chi connectivity index (χ4v) is 3.44. The molecule has 0 radical (unpaired) electrons. The summed E-state index contributed by atoms with van der Waals surface area (Å²) in [5.74, 6) is 0. The van der Waals surface area contributed by atoms with Crippen LogP contribution in [0.3, 0.4) is 0 Å². The van der Waals surface area contributed by atoms with E-state index in [0.29, 0.717) is 0 Å². The summed E-state index contributed by atoms with van der Waals surface area (Å²) in [7, 11) is 0. The van der Waals surface area contributed by atoms with Crippen LogP contribution in [-0.2, 0) is 0 Å². The lowest BCUT2D eigenvalue weighted by molar-refractivity contribution is 0.857. The van der Waals surface area contributed by atoms with Gasteiger partial charge in [0.15, 0.2) is 0 Å². The van der Waals surface area contributed by atoms with Crippen molar-refractivity contribution in [2.45, 2.75) is 26.8 Å². The molecule has 1 unspecified atom stereocenters. The first-order chi connectivity index (χ1) is 8.00. The van der Waals surface area contributed by atoms with Crippen LogP contribution in [0.15, 0.2) is 28.7 Å². The first kappa shape index (κ1) is 12.8. The summed E-state index contributed by atoms with van der Waals surface area (Å²) in [4.78, 5) is 2.63. The Morgan fingerprint density at radius 3 is 2.47 bits per heavy atom. The molecule has 0 bridgehead atoms. The van der Waals surface area contributed by atoms with Gasteiger partial charge in [-0.1, -0.05) is 28.1 Å². The minimum Gasteiger partial charge on any atom is -0.320 e. The highest BCUT2D eigenvalue weighted by atomic mass is 79.9. The molecule has 1 aromatic carbocycles. The van der Waals surface area contributed by atoms with Crippen molar-refractivity contribution in [3.63, 3.8) is 0 Å². The number of hydrogen-bond acceptors (Lipinski definition) is 2. The highest BCUT2D eigenvalue weighted by molar-refractivity contribution is 9.10. The Morgan fingerprint density at radius 2 is 1.88 bits per heavy atom. The van der Waals surface area contributed by atoms with Gasteiger partial charge in [-0.3, -0.25) is 0 Å². The van der Waals surface area contributed by atoms with Crippen molar-refractivity contribution >= 4 is 27.3 Å². The molecule has 1 aromatic heterocycles. The Balaban J connectivity index is 2.47. The zero-order valence-corrected chi connectivity index (χ0v) is 12.7. The smallest absolute Gasteiger partial charge is 0.0565 e. The number of thiophene rings is 1. The fourth-order valence-electron chi connectivity index (χ4n) is 2.09. The number of benzene rings is 1. The maximum Gasteiger partial charge on any atom is 0.0565 e. The molecule has 90 valence electrons. The molecule has 0 fully saturated rings. The quantitative estimate of drug-likeness (QED) is 0.869. The summed E-state index contributed by atoms with van der Waals surface area (Å²) in [5, 5.41) is 0. The standard InChI is InChI=1S/C14H16BrNS/c1-8-7-12(10(3)17-8)14(16)11-5-4-6-13(15)9(11)2/h4-7,14H,16H2,1-3H3. The topological polar surface area (TPSA) is 26.0 Å². The third kappa shape index (κ3) is 2.46. The molecule has 2 N–H and O–H groups in total. The Bertz CT molecular complexity index is 545. The summed E-state index contributed by atoms with van der Waals surface area (Å²) < 4.78 is 1.12. The number of aryl methyl sites for hydroxylation is 2. The average molecular weight is 310 g/mol. The molecule has 2 rings (SSSR count). The van der Waals surface area contributed by atoms with Crippen LogP contribution in [0.1, 0.15) is 32.5 Å². The van der Waals surface area contributed by atoms with Gasteiger partial charge in [0.05, 0.1) is 6.04 Å². The van der Waals surface area contributed by atoms with E-state index in [9.17, 15) is 0 Å². The van der Waals surface area contributed by atoms with E-state index in [1.165, 1.54) is 26.4 Å². The Kier molecular flexibility index (Phi) is 3.71. The molecule has 2 aromatic rings. The number of hydrogen-bond donors (Lipinski definition) is 1. The molecule has 1 nitrogen and oxygen atoms in total. The van der Waals surface area contributed by atoms with Crippen molar-refractivity contribution in [1.29, 1.82) is 0 Å². The van der Waals surface area contributed by atoms with Gasteiger partial charge >= 0.3 is 0 Å². The zero-order valence-electron chi connectivity index (χ0n) is 10.3. The predicted molar refractivity (Wildman–Crippen MR) is 78.7 cm³/mol. The molecular formula is C14H16BrNS. The fraction of sp³-hybridized carbons (Fsp3) is 0.286. The summed E-state index contributed by atoms with van der Waals surface area (Å²) in [6.45, 7) is 6.37. The summed E-state index contributed by atoms with van der Waals surface area (Å²) >= 11 is 5.37. The van der Waals surface area contributed by atoms with E-state index in [1.807, 2.05) is 17.4 Å². The summed E-state index contributed by atoms with van der Waals surface area (Å²) in [6, 6.07) is 8.37. The second-order valence-corrected chi connectivity index (χ2v) is 6.62. The maximum absolute atomic E-state index is 6.39. The Morgan fingerprint density at radius 1 is 1.18 bits per heavy atom. The minimum absolute atomic E-state index is 0.0301. The van der Waals surface area contributed by atoms with E-state index in [0.717, 1.165) is 4.47 Å². The third-order valence-corrected chi connectivity index (χ3v) is 4.90. The predicted octanol–water partition coefficient (Wildman–Crippen LogP) is 4.48. The van der Waals surface area contributed by atoms with Crippen LogP contribution in [0.4, 0.5) is 0 Å². The van der Waals surface area contributed by atoms with E-state index >= 15 is 0 Å². The second-order valence-electron chi connectivity index (χ2n) is 4.30. The van der Waals surface area contributed by atoms with Gasteiger partial charge in [-0.25, -0.2) is 0 Å². The van der Waals surface area contributed by atoms with E-state index in [1.54, 1.807) is 0 Å². The monoisotopic (exact) mass is 309 g/mol. The van der Waals surface area contributed by atoms with Gasteiger partial charge in [0.2, 0.25) is 0 Å². The number of rotatable bonds is 2. The van der Waals surface area contributed by atoms with Crippen molar-refractivity contribution in [2.24, 2.45) is 5.73 Å². The molecule has 1 heterocycles. The first-order valence-electron chi connectivity index (χ1n) is 5.58. The minimum atomic E-state index is -0.0301. The van der Waals surface area contributed by atoms with Gasteiger partial charge in [-0.15, -0.1) is 11.3 Å². The van der Waals surface area contributed by atoms with Crippen molar-refractivity contribution < 1.29 is 0 Å². The van der Waals surface area contributed by atoms with Crippen LogP contribution in [-0.4, -0.2) is 0 Å². The highest BCUT2D eigenvalue weighted by Gasteiger charge is 2.16. The lowest BCUT2D eigenvalue weighted by Crippen LogP contribution is -2.13. The Labute approximate surface area is 115 Å². The molecule has 0 saturated heterocycles. The van der Waals surface area contributed by atoms with Crippen LogP contribution < -0.4 is 5.73 Å². The van der Waals surface area contributed by atoms with E-state index in [2.05, 4.69) is 54.9 Å². The molecule has 0 amide bonds. The lowest BCUT2D eigenvalue weighted by Gasteiger charge is -2.15. The van der Waals surface area contributed by atoms with E-state index < -0.39 is 0 Å². The van der Waals surface area contributed by atoms with Gasteiger partial charge < -0.3 is 5.73 Å². The SMILES string of the molecule is Cc1cc(C(N)c2cccc(Br)c2C)c(C)s1. The molecule has 3 heteroatoms. The van der Waals surface area contributed by atoms with E-state index in [4.69, 9.17) is 5.73 Å². The molecular weight excluding hydrogens is 294 g/mol. The van der Waals surface area contributed by atoms with Gasteiger partial charge in [0, 0.05) is 14.2 Å². The third-order valence-electron chi connectivity index (χ3n) is 3.06. The zero-order chi connectivity index (χ0) is 12.6. The largest absolute Gasteiger partial charge is 0.320 e. The van der Waals surface area contributed by atoms with Crippen LogP contribution in [0, 0.1) is 20.8 Å². The molecule has 0 spiro atoms. The Hall–Kier alpha value is -0.640.